The quantitative estimate of drug-likeness (QED) is 0.718. The van der Waals surface area contributed by atoms with Crippen LogP contribution in [0.4, 0.5) is 8.78 Å². The van der Waals surface area contributed by atoms with Crippen LogP contribution in [0.2, 0.25) is 0 Å². The summed E-state index contributed by atoms with van der Waals surface area (Å²) in [7, 11) is 0. The Balaban J connectivity index is 2.75. The van der Waals surface area contributed by atoms with E-state index in [2.05, 4.69) is 20.9 Å². The lowest BCUT2D eigenvalue weighted by molar-refractivity contribution is 0.536. The average molecular weight is 264 g/mol. The maximum Gasteiger partial charge on any atom is 0.215 e. The molecule has 2 aromatic rings. The maximum absolute atomic E-state index is 13.0. The summed E-state index contributed by atoms with van der Waals surface area (Å²) in [6, 6.07) is 3.42. The molecule has 0 saturated carbocycles. The van der Waals surface area contributed by atoms with Gasteiger partial charge in [-0.2, -0.15) is 4.39 Å². The van der Waals surface area contributed by atoms with Gasteiger partial charge in [-0.3, -0.25) is 0 Å². The molecule has 0 saturated heterocycles. The van der Waals surface area contributed by atoms with Gasteiger partial charge in [0.2, 0.25) is 5.13 Å². The van der Waals surface area contributed by atoms with Gasteiger partial charge in [0.05, 0.1) is 10.4 Å². The van der Waals surface area contributed by atoms with Crippen LogP contribution in [-0.2, 0) is 5.33 Å². The second-order valence-corrected chi connectivity index (χ2v) is 4.04. The first-order valence-electron chi connectivity index (χ1n) is 3.51. The van der Waals surface area contributed by atoms with Crippen LogP contribution in [0.25, 0.3) is 10.2 Å². The molecule has 0 spiro atoms. The zero-order chi connectivity index (χ0) is 9.42. The molecule has 0 atom stereocenters. The monoisotopic (exact) mass is 263 g/mol. The molecule has 0 aliphatic rings. The van der Waals surface area contributed by atoms with E-state index >= 15 is 0 Å². The summed E-state index contributed by atoms with van der Waals surface area (Å²) in [5, 5.41) is -0.256. The first-order valence-corrected chi connectivity index (χ1v) is 5.45. The van der Waals surface area contributed by atoms with E-state index < -0.39 is 10.9 Å². The van der Waals surface area contributed by atoms with Crippen molar-refractivity contribution in [1.29, 1.82) is 0 Å². The van der Waals surface area contributed by atoms with Crippen molar-refractivity contribution in [3.63, 3.8) is 0 Å². The fourth-order valence-electron chi connectivity index (χ4n) is 1.04. The Morgan fingerprint density at radius 3 is 2.85 bits per heavy atom. The molecule has 0 aliphatic carbocycles. The Kier molecular flexibility index (Phi) is 2.29. The van der Waals surface area contributed by atoms with Crippen LogP contribution in [0.15, 0.2) is 12.1 Å². The highest BCUT2D eigenvalue weighted by Crippen LogP contribution is 2.27. The van der Waals surface area contributed by atoms with Gasteiger partial charge in [-0.05, 0) is 12.1 Å². The highest BCUT2D eigenvalue weighted by atomic mass is 79.9. The van der Waals surface area contributed by atoms with Gasteiger partial charge in [-0.1, -0.05) is 15.9 Å². The summed E-state index contributed by atoms with van der Waals surface area (Å²) < 4.78 is 26.3. The molecule has 13 heavy (non-hydrogen) atoms. The molecule has 1 nitrogen and oxygen atoms in total. The lowest BCUT2D eigenvalue weighted by atomic mass is 10.3. The molecule has 0 unspecified atom stereocenters. The van der Waals surface area contributed by atoms with E-state index in [1.807, 2.05) is 0 Å². The van der Waals surface area contributed by atoms with Crippen molar-refractivity contribution in [2.45, 2.75) is 5.33 Å². The molecule has 0 aromatic carbocycles. The highest BCUT2D eigenvalue weighted by molar-refractivity contribution is 9.08. The predicted octanol–water partition coefficient (Wildman–Crippen LogP) is 3.47. The number of nitrogens with zero attached hydrogens (tertiary/aromatic N) is 1. The molecule has 0 fully saturated rings. The first kappa shape index (κ1) is 9.02. The standard InChI is InChI=1S/C8H4BrF2NS/c9-3-4-1-2-5-7(12-4)6(10)8(11)13-5/h1-2H,3H2. The number of halogens is 3. The number of hydrogen-bond acceptors (Lipinski definition) is 2. The molecule has 2 heterocycles. The van der Waals surface area contributed by atoms with E-state index in [-0.39, 0.29) is 5.52 Å². The van der Waals surface area contributed by atoms with Crippen molar-refractivity contribution in [3.05, 3.63) is 28.8 Å². The maximum atomic E-state index is 13.0. The summed E-state index contributed by atoms with van der Waals surface area (Å²) in [6.45, 7) is 0. The van der Waals surface area contributed by atoms with Crippen LogP contribution in [-0.4, -0.2) is 4.98 Å². The van der Waals surface area contributed by atoms with Crippen molar-refractivity contribution in [3.8, 4) is 0 Å². The van der Waals surface area contributed by atoms with Gasteiger partial charge < -0.3 is 0 Å². The van der Waals surface area contributed by atoms with E-state index in [9.17, 15) is 8.78 Å². The van der Waals surface area contributed by atoms with Crippen molar-refractivity contribution in [2.75, 3.05) is 0 Å². The van der Waals surface area contributed by atoms with E-state index in [1.165, 1.54) is 0 Å². The Labute approximate surface area is 85.5 Å². The third-order valence-electron chi connectivity index (χ3n) is 1.63. The lowest BCUT2D eigenvalue weighted by Crippen LogP contribution is -1.85. The Hall–Kier alpha value is -0.550. The fraction of sp³-hybridized carbons (Fsp3) is 0.125. The number of pyridine rings is 1. The number of rotatable bonds is 1. The molecular weight excluding hydrogens is 260 g/mol. The van der Waals surface area contributed by atoms with Gasteiger partial charge in [0.1, 0.15) is 5.52 Å². The van der Waals surface area contributed by atoms with Crippen LogP contribution in [0.3, 0.4) is 0 Å². The van der Waals surface area contributed by atoms with Crippen LogP contribution in [0.5, 0.6) is 0 Å². The number of fused-ring (bicyclic) bond motifs is 1. The molecule has 2 rings (SSSR count). The lowest BCUT2D eigenvalue weighted by Gasteiger charge is -1.93. The molecular formula is C8H4BrF2NS. The molecule has 0 N–H and O–H groups in total. The summed E-state index contributed by atoms with van der Waals surface area (Å²) >= 11 is 3.98. The Morgan fingerprint density at radius 1 is 1.38 bits per heavy atom. The van der Waals surface area contributed by atoms with Gasteiger partial charge in [0, 0.05) is 5.33 Å². The van der Waals surface area contributed by atoms with Crippen LogP contribution in [0.1, 0.15) is 5.69 Å². The minimum Gasteiger partial charge on any atom is -0.248 e. The van der Waals surface area contributed by atoms with Crippen LogP contribution in [0, 0.1) is 10.9 Å². The molecule has 68 valence electrons. The number of alkyl halides is 1. The molecule has 0 bridgehead atoms. The third-order valence-corrected chi connectivity index (χ3v) is 3.12. The average Bonchev–Trinajstić information content (AvgIpc) is 2.43. The molecule has 2 aromatic heterocycles. The predicted molar refractivity (Wildman–Crippen MR) is 52.2 cm³/mol. The SMILES string of the molecule is Fc1sc2ccc(CBr)nc2c1F. The van der Waals surface area contributed by atoms with Gasteiger partial charge in [-0.15, -0.1) is 11.3 Å². The molecule has 5 heteroatoms. The zero-order valence-electron chi connectivity index (χ0n) is 6.35. The Morgan fingerprint density at radius 2 is 2.15 bits per heavy atom. The largest absolute Gasteiger partial charge is 0.248 e. The van der Waals surface area contributed by atoms with E-state index in [0.29, 0.717) is 15.7 Å². The van der Waals surface area contributed by atoms with Crippen molar-refractivity contribution in [2.24, 2.45) is 0 Å². The summed E-state index contributed by atoms with van der Waals surface area (Å²) in [5.74, 6) is -0.845. The second-order valence-electron chi connectivity index (χ2n) is 2.47. The highest BCUT2D eigenvalue weighted by Gasteiger charge is 2.12. The summed E-state index contributed by atoms with van der Waals surface area (Å²) in [5.41, 5.74) is 0.823. The second kappa shape index (κ2) is 3.31. The zero-order valence-corrected chi connectivity index (χ0v) is 8.75. The molecule has 0 radical (unpaired) electrons. The summed E-state index contributed by atoms with van der Waals surface area (Å²) in [6.07, 6.45) is 0. The van der Waals surface area contributed by atoms with Crippen LogP contribution >= 0.6 is 27.3 Å². The minimum atomic E-state index is -0.845. The van der Waals surface area contributed by atoms with Crippen LogP contribution < -0.4 is 0 Å². The minimum absolute atomic E-state index is 0.124. The topological polar surface area (TPSA) is 12.9 Å². The van der Waals surface area contributed by atoms with Gasteiger partial charge in [0.25, 0.3) is 0 Å². The van der Waals surface area contributed by atoms with E-state index in [4.69, 9.17) is 0 Å². The van der Waals surface area contributed by atoms with E-state index in [1.54, 1.807) is 12.1 Å². The summed E-state index contributed by atoms with van der Waals surface area (Å²) in [4.78, 5) is 3.96. The van der Waals surface area contributed by atoms with Crippen molar-refractivity contribution in [1.82, 2.24) is 4.98 Å². The molecule has 0 amide bonds. The van der Waals surface area contributed by atoms with Gasteiger partial charge >= 0.3 is 0 Å². The number of thiophene rings is 1. The Bertz CT molecular complexity index is 455. The number of hydrogen-bond donors (Lipinski definition) is 0. The third kappa shape index (κ3) is 1.46. The van der Waals surface area contributed by atoms with Crippen molar-refractivity contribution >= 4 is 37.5 Å². The molecule has 0 aliphatic heterocycles. The van der Waals surface area contributed by atoms with Gasteiger partial charge in [-0.25, -0.2) is 9.37 Å². The fourth-order valence-corrected chi connectivity index (χ4v) is 2.09. The first-order chi connectivity index (χ1) is 6.22. The van der Waals surface area contributed by atoms with Gasteiger partial charge in [0.15, 0.2) is 5.82 Å². The normalized spacial score (nSPS) is 11.0. The number of aromatic nitrogens is 1. The van der Waals surface area contributed by atoms with E-state index in [0.717, 1.165) is 11.3 Å². The smallest absolute Gasteiger partial charge is 0.215 e. The van der Waals surface area contributed by atoms with Crippen molar-refractivity contribution < 1.29 is 8.78 Å².